The van der Waals surface area contributed by atoms with Crippen LogP contribution in [0.1, 0.15) is 0 Å². The van der Waals surface area contributed by atoms with Gasteiger partial charge in [0.05, 0.1) is 4.90 Å². The second-order valence-corrected chi connectivity index (χ2v) is 8.32. The van der Waals surface area contributed by atoms with Gasteiger partial charge in [-0.3, -0.25) is 0 Å². The van der Waals surface area contributed by atoms with Gasteiger partial charge in [0.1, 0.15) is 8.86 Å². The van der Waals surface area contributed by atoms with E-state index in [1.165, 1.54) is 31.3 Å². The Morgan fingerprint density at radius 3 is 2.11 bits per heavy atom. The molecule has 0 aliphatic carbocycles. The van der Waals surface area contributed by atoms with Crippen LogP contribution in [0, 0.1) is 0 Å². The minimum Gasteiger partial charge on any atom is -0.206 e. The highest BCUT2D eigenvalue weighted by atomic mass is 35.5. The summed E-state index contributed by atoms with van der Waals surface area (Å²) in [5, 5.41) is 0.450. The lowest BCUT2D eigenvalue weighted by Crippen LogP contribution is -2.20. The topological polar surface area (TPSA) is 37.4 Å². The van der Waals surface area contributed by atoms with Crippen molar-refractivity contribution < 1.29 is 8.42 Å². The second kappa shape index (κ2) is 6.70. The van der Waals surface area contributed by atoms with Crippen molar-refractivity contribution in [2.75, 3.05) is 7.05 Å². The Bertz CT molecular complexity index is 552. The third kappa shape index (κ3) is 4.20. The summed E-state index contributed by atoms with van der Waals surface area (Å²) in [5.74, 6) is 0. The molecule has 0 bridgehead atoms. The Labute approximate surface area is 130 Å². The van der Waals surface area contributed by atoms with Crippen molar-refractivity contribution >= 4 is 68.4 Å². The summed E-state index contributed by atoms with van der Waals surface area (Å²) in [4.78, 5) is 0.0945. The molecule has 0 unspecified atom stereocenters. The smallest absolute Gasteiger partial charge is 0.206 e. The van der Waals surface area contributed by atoms with Gasteiger partial charge < -0.3 is 0 Å². The summed E-state index contributed by atoms with van der Waals surface area (Å²) >= 11 is 23.0. The van der Waals surface area contributed by atoms with Crippen LogP contribution in [0.2, 0.25) is 5.02 Å². The summed E-state index contributed by atoms with van der Waals surface area (Å²) in [6.07, 6.45) is 0. The van der Waals surface area contributed by atoms with E-state index < -0.39 is 10.0 Å². The van der Waals surface area contributed by atoms with E-state index in [1.54, 1.807) is 0 Å². The van der Waals surface area contributed by atoms with E-state index >= 15 is 0 Å². The fourth-order valence-electron chi connectivity index (χ4n) is 0.951. The van der Waals surface area contributed by atoms with Crippen molar-refractivity contribution in [1.82, 2.24) is 3.71 Å². The van der Waals surface area contributed by atoms with Crippen LogP contribution in [0.15, 0.2) is 38.0 Å². The minimum atomic E-state index is -3.68. The number of halogens is 4. The van der Waals surface area contributed by atoms with Crippen LogP contribution in [-0.2, 0) is 10.0 Å². The first-order valence-corrected chi connectivity index (χ1v) is 8.11. The van der Waals surface area contributed by atoms with Gasteiger partial charge in [-0.25, -0.2) is 8.42 Å². The molecule has 100 valence electrons. The molecule has 0 heterocycles. The molecule has 18 heavy (non-hydrogen) atoms. The molecule has 0 atom stereocenters. The highest BCUT2D eigenvalue weighted by Crippen LogP contribution is 2.33. The van der Waals surface area contributed by atoms with Gasteiger partial charge in [0.15, 0.2) is 0 Å². The molecule has 0 N–H and O–H groups in total. The normalized spacial score (nSPS) is 11.7. The standard InChI is InChI=1S/C9H7Cl4NO2S2/c1-14(17-9(13)8(11)12)18(15,16)7-4-2-6(10)3-5-7/h2-5H,1H3. The van der Waals surface area contributed by atoms with Gasteiger partial charge in [0, 0.05) is 12.1 Å². The number of benzene rings is 1. The third-order valence-electron chi connectivity index (χ3n) is 1.81. The molecule has 0 aliphatic heterocycles. The zero-order valence-corrected chi connectivity index (χ0v) is 13.6. The Hall–Kier alpha value is 0.380. The van der Waals surface area contributed by atoms with Crippen LogP contribution in [0.5, 0.6) is 0 Å². The van der Waals surface area contributed by atoms with Gasteiger partial charge in [-0.1, -0.05) is 46.4 Å². The molecule has 3 nitrogen and oxygen atoms in total. The number of sulfonamides is 1. The van der Waals surface area contributed by atoms with E-state index in [2.05, 4.69) is 0 Å². The van der Waals surface area contributed by atoms with Gasteiger partial charge >= 0.3 is 0 Å². The number of hydrogen-bond donors (Lipinski definition) is 0. The maximum atomic E-state index is 12.1. The average Bonchev–Trinajstić information content (AvgIpc) is 2.29. The number of nitrogens with zero attached hydrogens (tertiary/aromatic N) is 1. The Morgan fingerprint density at radius 1 is 1.17 bits per heavy atom. The van der Waals surface area contributed by atoms with E-state index in [9.17, 15) is 8.42 Å². The summed E-state index contributed by atoms with van der Waals surface area (Å²) in [5.41, 5.74) is 0. The van der Waals surface area contributed by atoms with Crippen LogP contribution in [0.4, 0.5) is 0 Å². The highest BCUT2D eigenvalue weighted by molar-refractivity contribution is 8.11. The van der Waals surface area contributed by atoms with E-state index in [1.807, 2.05) is 0 Å². The average molecular weight is 367 g/mol. The lowest BCUT2D eigenvalue weighted by molar-refractivity contribution is 0.565. The SMILES string of the molecule is CN(SC(Cl)=C(Cl)Cl)S(=O)(=O)c1ccc(Cl)cc1. The van der Waals surface area contributed by atoms with Crippen LogP contribution < -0.4 is 0 Å². The van der Waals surface area contributed by atoms with Gasteiger partial charge in [0.2, 0.25) is 0 Å². The zero-order chi connectivity index (χ0) is 13.9. The monoisotopic (exact) mass is 365 g/mol. The lowest BCUT2D eigenvalue weighted by Gasteiger charge is -2.15. The number of rotatable bonds is 4. The molecule has 0 saturated carbocycles. The van der Waals surface area contributed by atoms with Crippen LogP contribution >= 0.6 is 58.4 Å². The molecule has 1 rings (SSSR count). The molecule has 0 aromatic heterocycles. The Morgan fingerprint density at radius 2 is 1.67 bits per heavy atom. The molecule has 0 spiro atoms. The quantitative estimate of drug-likeness (QED) is 0.738. The predicted octanol–water partition coefficient (Wildman–Crippen LogP) is 4.45. The number of hydrogen-bond acceptors (Lipinski definition) is 3. The molecular weight excluding hydrogens is 360 g/mol. The van der Waals surface area contributed by atoms with Crippen molar-refractivity contribution in [3.8, 4) is 0 Å². The summed E-state index contributed by atoms with van der Waals surface area (Å²) in [6, 6.07) is 5.77. The highest BCUT2D eigenvalue weighted by Gasteiger charge is 2.22. The van der Waals surface area contributed by atoms with Gasteiger partial charge in [0.25, 0.3) is 10.0 Å². The van der Waals surface area contributed by atoms with Crippen LogP contribution in [-0.4, -0.2) is 19.2 Å². The fraction of sp³-hybridized carbons (Fsp3) is 0.111. The molecule has 0 aliphatic rings. The Balaban J connectivity index is 3.00. The third-order valence-corrected chi connectivity index (χ3v) is 6.23. The summed E-state index contributed by atoms with van der Waals surface area (Å²) < 4.78 is 24.9. The van der Waals surface area contributed by atoms with Gasteiger partial charge in [-0.05, 0) is 36.2 Å². The van der Waals surface area contributed by atoms with Crippen molar-refractivity contribution in [2.24, 2.45) is 0 Å². The summed E-state index contributed by atoms with van der Waals surface area (Å²) in [6.45, 7) is 0. The first kappa shape index (κ1) is 16.4. The van der Waals surface area contributed by atoms with Crippen LogP contribution in [0.25, 0.3) is 0 Å². The first-order valence-electron chi connectivity index (χ1n) is 4.38. The molecular formula is C9H7Cl4NO2S2. The molecule has 0 radical (unpaired) electrons. The van der Waals surface area contributed by atoms with E-state index in [0.29, 0.717) is 17.0 Å². The van der Waals surface area contributed by atoms with Crippen molar-refractivity contribution in [3.05, 3.63) is 38.1 Å². The molecule has 0 fully saturated rings. The first-order chi connectivity index (χ1) is 8.25. The minimum absolute atomic E-state index is 0.0293. The maximum absolute atomic E-state index is 12.1. The predicted molar refractivity (Wildman–Crippen MR) is 78.6 cm³/mol. The van der Waals surface area contributed by atoms with E-state index in [4.69, 9.17) is 46.4 Å². The van der Waals surface area contributed by atoms with Crippen molar-refractivity contribution in [3.63, 3.8) is 0 Å². The van der Waals surface area contributed by atoms with E-state index in [-0.39, 0.29) is 13.8 Å². The van der Waals surface area contributed by atoms with E-state index in [0.717, 1.165) is 3.71 Å². The zero-order valence-electron chi connectivity index (χ0n) is 8.90. The van der Waals surface area contributed by atoms with Gasteiger partial charge in [-0.15, -0.1) is 3.71 Å². The molecule has 9 heteroatoms. The molecule has 0 saturated heterocycles. The van der Waals surface area contributed by atoms with Gasteiger partial charge in [-0.2, -0.15) is 0 Å². The molecule has 1 aromatic carbocycles. The summed E-state index contributed by atoms with van der Waals surface area (Å²) in [7, 11) is -2.34. The lowest BCUT2D eigenvalue weighted by atomic mass is 10.4. The molecule has 0 amide bonds. The van der Waals surface area contributed by atoms with Crippen molar-refractivity contribution in [1.29, 1.82) is 0 Å². The van der Waals surface area contributed by atoms with Crippen molar-refractivity contribution in [2.45, 2.75) is 4.90 Å². The second-order valence-electron chi connectivity index (χ2n) is 2.99. The maximum Gasteiger partial charge on any atom is 0.252 e. The molecule has 1 aromatic rings. The van der Waals surface area contributed by atoms with Crippen LogP contribution in [0.3, 0.4) is 0 Å². The fourth-order valence-corrected chi connectivity index (χ4v) is 3.66. The Kier molecular flexibility index (Phi) is 6.12. The largest absolute Gasteiger partial charge is 0.252 e.